The lowest BCUT2D eigenvalue weighted by Crippen LogP contribution is -2.11. The van der Waals surface area contributed by atoms with Gasteiger partial charge in [0.05, 0.1) is 11.1 Å². The van der Waals surface area contributed by atoms with Crippen molar-refractivity contribution in [3.05, 3.63) is 59.7 Å². The van der Waals surface area contributed by atoms with Crippen molar-refractivity contribution < 1.29 is 26.3 Å². The zero-order chi connectivity index (χ0) is 15.0. The van der Waals surface area contributed by atoms with E-state index in [0.29, 0.717) is 18.2 Å². The summed E-state index contributed by atoms with van der Waals surface area (Å²) in [7, 11) is 0. The van der Waals surface area contributed by atoms with Crippen LogP contribution in [0, 0.1) is 6.07 Å². The Balaban J connectivity index is 2.67. The second-order valence-corrected chi connectivity index (χ2v) is 4.05. The lowest BCUT2D eigenvalue weighted by atomic mass is 9.96. The van der Waals surface area contributed by atoms with Gasteiger partial charge in [0.1, 0.15) is 0 Å². The van der Waals surface area contributed by atoms with Crippen molar-refractivity contribution in [2.45, 2.75) is 12.4 Å². The first-order valence-electron chi connectivity index (χ1n) is 5.44. The summed E-state index contributed by atoms with van der Waals surface area (Å²) in [5.41, 5.74) is -2.70. The van der Waals surface area contributed by atoms with E-state index in [4.69, 9.17) is 0 Å². The quantitative estimate of drug-likeness (QED) is 0.634. The molecule has 0 fully saturated rings. The molecule has 2 aromatic carbocycles. The molecule has 0 saturated carbocycles. The lowest BCUT2D eigenvalue weighted by molar-refractivity contribution is -0.141. The average Bonchev–Trinajstić information content (AvgIpc) is 2.37. The van der Waals surface area contributed by atoms with Crippen molar-refractivity contribution in [2.75, 3.05) is 0 Å². The van der Waals surface area contributed by atoms with Gasteiger partial charge in [-0.3, -0.25) is 0 Å². The first kappa shape index (κ1) is 14.4. The fraction of sp³-hybridized carbons (Fsp3) is 0.143. The summed E-state index contributed by atoms with van der Waals surface area (Å²) in [6.07, 6.45) is -9.42. The monoisotopic (exact) mass is 289 g/mol. The second kappa shape index (κ2) is 4.85. The molecule has 0 unspecified atom stereocenters. The minimum absolute atomic E-state index is 0.0333. The van der Waals surface area contributed by atoms with Crippen LogP contribution in [0.3, 0.4) is 0 Å². The zero-order valence-electron chi connectivity index (χ0n) is 9.81. The highest BCUT2D eigenvalue weighted by molar-refractivity contribution is 5.69. The molecule has 1 radical (unpaired) electrons. The highest BCUT2D eigenvalue weighted by Gasteiger charge is 2.37. The molecular formula is C14H7F6. The minimum Gasteiger partial charge on any atom is -0.166 e. The van der Waals surface area contributed by atoms with Gasteiger partial charge < -0.3 is 0 Å². The zero-order valence-corrected chi connectivity index (χ0v) is 9.81. The molecule has 105 valence electrons. The van der Waals surface area contributed by atoms with Gasteiger partial charge in [-0.05, 0) is 41.5 Å². The smallest absolute Gasteiger partial charge is 0.166 e. The van der Waals surface area contributed by atoms with Crippen LogP contribution in [0.5, 0.6) is 0 Å². The fourth-order valence-electron chi connectivity index (χ4n) is 1.77. The summed E-state index contributed by atoms with van der Waals surface area (Å²) in [4.78, 5) is 0. The second-order valence-electron chi connectivity index (χ2n) is 4.05. The number of hydrogen-bond acceptors (Lipinski definition) is 0. The number of rotatable bonds is 1. The van der Waals surface area contributed by atoms with Crippen LogP contribution < -0.4 is 0 Å². The van der Waals surface area contributed by atoms with Crippen LogP contribution in [0.2, 0.25) is 0 Å². The third kappa shape index (κ3) is 2.95. The van der Waals surface area contributed by atoms with E-state index in [2.05, 4.69) is 6.07 Å². The number of benzene rings is 2. The van der Waals surface area contributed by atoms with E-state index in [1.807, 2.05) is 0 Å². The molecule has 2 aromatic rings. The van der Waals surface area contributed by atoms with Gasteiger partial charge >= 0.3 is 12.4 Å². The standard InChI is InChI=1S/C14H7F6/c15-13(16,17)10-6-7-12(14(18,19)20)11(8-10)9-4-2-1-3-5-9/h1-2,4-8H. The van der Waals surface area contributed by atoms with Gasteiger partial charge in [-0.15, -0.1) is 0 Å². The van der Waals surface area contributed by atoms with E-state index in [-0.39, 0.29) is 5.56 Å². The number of halogens is 6. The Bertz CT molecular complexity index is 595. The number of hydrogen-bond donors (Lipinski definition) is 0. The molecular weight excluding hydrogens is 282 g/mol. The topological polar surface area (TPSA) is 0 Å². The Morgan fingerprint density at radius 3 is 2.05 bits per heavy atom. The van der Waals surface area contributed by atoms with E-state index >= 15 is 0 Å². The van der Waals surface area contributed by atoms with Crippen molar-refractivity contribution in [2.24, 2.45) is 0 Å². The van der Waals surface area contributed by atoms with Gasteiger partial charge in [0.15, 0.2) is 0 Å². The van der Waals surface area contributed by atoms with Crippen molar-refractivity contribution in [3.8, 4) is 11.1 Å². The molecule has 2 rings (SSSR count). The fourth-order valence-corrected chi connectivity index (χ4v) is 1.77. The van der Waals surface area contributed by atoms with E-state index < -0.39 is 29.0 Å². The molecule has 0 atom stereocenters. The van der Waals surface area contributed by atoms with Gasteiger partial charge in [0.2, 0.25) is 0 Å². The maximum atomic E-state index is 12.9. The lowest BCUT2D eigenvalue weighted by Gasteiger charge is -2.15. The van der Waals surface area contributed by atoms with Crippen LogP contribution in [0.25, 0.3) is 11.1 Å². The normalized spacial score (nSPS) is 12.5. The summed E-state index contributed by atoms with van der Waals surface area (Å²) in [6, 6.07) is 9.31. The summed E-state index contributed by atoms with van der Waals surface area (Å²) in [6.45, 7) is 0. The van der Waals surface area contributed by atoms with Crippen LogP contribution in [0.15, 0.2) is 42.5 Å². The summed E-state index contributed by atoms with van der Waals surface area (Å²) in [5.74, 6) is 0. The highest BCUT2D eigenvalue weighted by Crippen LogP contribution is 2.40. The summed E-state index contributed by atoms with van der Waals surface area (Å²) >= 11 is 0. The molecule has 0 aliphatic carbocycles. The number of alkyl halides is 6. The molecule has 0 aliphatic heterocycles. The molecule has 0 amide bonds. The third-order valence-electron chi connectivity index (χ3n) is 2.67. The van der Waals surface area contributed by atoms with Crippen molar-refractivity contribution in [1.82, 2.24) is 0 Å². The van der Waals surface area contributed by atoms with Gasteiger partial charge in [-0.1, -0.05) is 18.2 Å². The van der Waals surface area contributed by atoms with Crippen molar-refractivity contribution in [1.29, 1.82) is 0 Å². The van der Waals surface area contributed by atoms with Crippen LogP contribution in [-0.4, -0.2) is 0 Å². The van der Waals surface area contributed by atoms with E-state index in [1.54, 1.807) is 0 Å². The Kier molecular flexibility index (Phi) is 3.50. The van der Waals surface area contributed by atoms with Gasteiger partial charge in [-0.2, -0.15) is 26.3 Å². The molecule has 0 nitrogen and oxygen atoms in total. The van der Waals surface area contributed by atoms with Crippen molar-refractivity contribution >= 4 is 0 Å². The van der Waals surface area contributed by atoms with Crippen LogP contribution in [0.4, 0.5) is 26.3 Å². The maximum absolute atomic E-state index is 12.9. The van der Waals surface area contributed by atoms with Crippen molar-refractivity contribution in [3.63, 3.8) is 0 Å². The Labute approximate surface area is 110 Å². The summed E-state index contributed by atoms with van der Waals surface area (Å²) < 4.78 is 76.5. The first-order chi connectivity index (χ1) is 9.19. The molecule has 0 heterocycles. The molecule has 0 spiro atoms. The van der Waals surface area contributed by atoms with Gasteiger partial charge in [-0.25, -0.2) is 0 Å². The summed E-state index contributed by atoms with van der Waals surface area (Å²) in [5, 5.41) is 0. The third-order valence-corrected chi connectivity index (χ3v) is 2.67. The molecule has 0 saturated heterocycles. The Morgan fingerprint density at radius 1 is 0.850 bits per heavy atom. The van der Waals surface area contributed by atoms with Crippen LogP contribution in [0.1, 0.15) is 11.1 Å². The molecule has 20 heavy (non-hydrogen) atoms. The van der Waals surface area contributed by atoms with E-state index in [0.717, 1.165) is 0 Å². The first-order valence-corrected chi connectivity index (χ1v) is 5.44. The predicted octanol–water partition coefficient (Wildman–Crippen LogP) is 5.19. The predicted molar refractivity (Wildman–Crippen MR) is 60.7 cm³/mol. The molecule has 0 bridgehead atoms. The molecule has 0 N–H and O–H groups in total. The van der Waals surface area contributed by atoms with Gasteiger partial charge in [0, 0.05) is 0 Å². The van der Waals surface area contributed by atoms with Gasteiger partial charge in [0.25, 0.3) is 0 Å². The molecule has 0 aromatic heterocycles. The molecule has 6 heteroatoms. The Morgan fingerprint density at radius 2 is 1.55 bits per heavy atom. The minimum atomic E-state index is -4.73. The SMILES string of the molecule is FC(F)(F)c1ccc(C(F)(F)F)c(-c2c[c]ccc2)c1. The average molecular weight is 289 g/mol. The largest absolute Gasteiger partial charge is 0.417 e. The highest BCUT2D eigenvalue weighted by atomic mass is 19.4. The van der Waals surface area contributed by atoms with E-state index in [1.165, 1.54) is 24.3 Å². The Hall–Kier alpha value is -1.98. The molecule has 0 aliphatic rings. The maximum Gasteiger partial charge on any atom is 0.417 e. The van der Waals surface area contributed by atoms with E-state index in [9.17, 15) is 26.3 Å². The van der Waals surface area contributed by atoms with Crippen LogP contribution >= 0.6 is 0 Å². The van der Waals surface area contributed by atoms with Crippen LogP contribution in [-0.2, 0) is 12.4 Å².